The van der Waals surface area contributed by atoms with Gasteiger partial charge in [0.1, 0.15) is 12.0 Å². The van der Waals surface area contributed by atoms with E-state index in [0.717, 1.165) is 0 Å². The lowest BCUT2D eigenvalue weighted by Gasteiger charge is -1.96. The molecule has 0 bridgehead atoms. The van der Waals surface area contributed by atoms with Gasteiger partial charge in [0.2, 0.25) is 0 Å². The molecule has 3 heteroatoms. The molecule has 0 aliphatic rings. The summed E-state index contributed by atoms with van der Waals surface area (Å²) in [7, 11) is 0. The van der Waals surface area contributed by atoms with Gasteiger partial charge in [-0.05, 0) is 6.07 Å². The molecule has 59 valence electrons. The van der Waals surface area contributed by atoms with E-state index < -0.39 is 0 Å². The second-order valence-electron chi connectivity index (χ2n) is 2.39. The van der Waals surface area contributed by atoms with Gasteiger partial charge in [-0.3, -0.25) is 5.10 Å². The second-order valence-corrected chi connectivity index (χ2v) is 2.39. The first-order valence-electron chi connectivity index (χ1n) is 3.54. The van der Waals surface area contributed by atoms with Crippen LogP contribution in [0.4, 0.5) is 4.39 Å². The van der Waals surface area contributed by atoms with Gasteiger partial charge in [0, 0.05) is 17.3 Å². The highest BCUT2D eigenvalue weighted by Crippen LogP contribution is 2.19. The second kappa shape index (κ2) is 2.77. The summed E-state index contributed by atoms with van der Waals surface area (Å²) in [6, 6.07) is 6.53. The summed E-state index contributed by atoms with van der Waals surface area (Å²) >= 11 is 0. The molecule has 1 heterocycles. The summed E-state index contributed by atoms with van der Waals surface area (Å²) in [6.07, 6.45) is 4.26. The number of H-pyrrole nitrogens is 1. The van der Waals surface area contributed by atoms with Crippen LogP contribution in [0.25, 0.3) is 11.1 Å². The molecule has 12 heavy (non-hydrogen) atoms. The first kappa shape index (κ1) is 7.03. The van der Waals surface area contributed by atoms with E-state index in [1.54, 1.807) is 24.4 Å². The smallest absolute Gasteiger partial charge is 0.131 e. The Morgan fingerprint density at radius 1 is 1.33 bits per heavy atom. The predicted octanol–water partition coefficient (Wildman–Crippen LogP) is 2.02. The Morgan fingerprint density at radius 3 is 2.83 bits per heavy atom. The van der Waals surface area contributed by atoms with Crippen molar-refractivity contribution in [1.82, 2.24) is 10.2 Å². The van der Waals surface area contributed by atoms with Crippen LogP contribution in [0, 0.1) is 12.0 Å². The molecular weight excluding hydrogens is 155 g/mol. The zero-order valence-corrected chi connectivity index (χ0v) is 6.21. The molecule has 1 N–H and O–H groups in total. The zero-order valence-electron chi connectivity index (χ0n) is 6.21. The number of hydrogen-bond acceptors (Lipinski definition) is 1. The van der Waals surface area contributed by atoms with Crippen LogP contribution in [-0.2, 0) is 0 Å². The number of nitrogens with one attached hydrogen (secondary N) is 1. The molecule has 1 aromatic carbocycles. The van der Waals surface area contributed by atoms with Crippen LogP contribution in [0.1, 0.15) is 0 Å². The fraction of sp³-hybridized carbons (Fsp3) is 0. The van der Waals surface area contributed by atoms with Crippen molar-refractivity contribution in [3.63, 3.8) is 0 Å². The van der Waals surface area contributed by atoms with E-state index in [-0.39, 0.29) is 5.82 Å². The minimum absolute atomic E-state index is 0.254. The average Bonchev–Trinajstić information content (AvgIpc) is 2.57. The summed E-state index contributed by atoms with van der Waals surface area (Å²) < 4.78 is 13.1. The van der Waals surface area contributed by atoms with Gasteiger partial charge < -0.3 is 0 Å². The van der Waals surface area contributed by atoms with Gasteiger partial charge >= 0.3 is 0 Å². The number of nitrogens with zero attached hydrogens (tertiary/aromatic N) is 1. The van der Waals surface area contributed by atoms with Crippen LogP contribution >= 0.6 is 0 Å². The standard InChI is InChI=1S/C9H6FN2/c10-9-4-2-1-3-8(9)7-5-11-12-6-7/h1-5H,(H,11,12). The van der Waals surface area contributed by atoms with Gasteiger partial charge in [-0.15, -0.1) is 0 Å². The highest BCUT2D eigenvalue weighted by Gasteiger charge is 2.03. The first-order chi connectivity index (χ1) is 5.88. The van der Waals surface area contributed by atoms with Gasteiger partial charge in [-0.2, -0.15) is 5.10 Å². The molecule has 0 unspecified atom stereocenters. The number of aromatic amines is 1. The molecule has 1 aromatic heterocycles. The van der Waals surface area contributed by atoms with Crippen molar-refractivity contribution in [2.75, 3.05) is 0 Å². The summed E-state index contributed by atoms with van der Waals surface area (Å²) in [6.45, 7) is 0. The summed E-state index contributed by atoms with van der Waals surface area (Å²) in [5.74, 6) is -0.254. The van der Waals surface area contributed by atoms with E-state index in [4.69, 9.17) is 0 Å². The van der Waals surface area contributed by atoms with Crippen LogP contribution in [0.5, 0.6) is 0 Å². The van der Waals surface area contributed by atoms with Crippen molar-refractivity contribution in [1.29, 1.82) is 0 Å². The fourth-order valence-electron chi connectivity index (χ4n) is 1.04. The summed E-state index contributed by atoms with van der Waals surface area (Å²) in [5.41, 5.74) is 1.17. The van der Waals surface area contributed by atoms with E-state index in [1.807, 2.05) is 0 Å². The van der Waals surface area contributed by atoms with Gasteiger partial charge in [-0.25, -0.2) is 4.39 Å². The molecule has 0 fully saturated rings. The number of benzene rings is 1. The molecule has 0 amide bonds. The highest BCUT2D eigenvalue weighted by molar-refractivity contribution is 5.61. The van der Waals surface area contributed by atoms with Crippen molar-refractivity contribution in [3.8, 4) is 11.1 Å². The third-order valence-electron chi connectivity index (χ3n) is 1.61. The summed E-state index contributed by atoms with van der Waals surface area (Å²) in [4.78, 5) is 0. The van der Waals surface area contributed by atoms with Crippen LogP contribution < -0.4 is 0 Å². The number of halogens is 1. The lowest BCUT2D eigenvalue weighted by Crippen LogP contribution is -1.79. The van der Waals surface area contributed by atoms with Crippen LogP contribution in [0.2, 0.25) is 0 Å². The van der Waals surface area contributed by atoms with E-state index in [9.17, 15) is 4.39 Å². The number of hydrogen-bond donors (Lipinski definition) is 1. The third kappa shape index (κ3) is 1.09. The van der Waals surface area contributed by atoms with E-state index in [0.29, 0.717) is 11.1 Å². The highest BCUT2D eigenvalue weighted by atomic mass is 19.1. The Labute approximate surface area is 69.1 Å². The Balaban J connectivity index is 2.55. The van der Waals surface area contributed by atoms with Crippen molar-refractivity contribution in [2.24, 2.45) is 0 Å². The van der Waals surface area contributed by atoms with E-state index >= 15 is 0 Å². The quantitative estimate of drug-likeness (QED) is 0.681. The maximum absolute atomic E-state index is 13.1. The SMILES string of the molecule is Fc1ccccc1-c1[c]n[nH]c1. The Hall–Kier alpha value is -1.64. The topological polar surface area (TPSA) is 28.7 Å². The molecule has 0 saturated heterocycles. The minimum Gasteiger partial charge on any atom is -0.284 e. The van der Waals surface area contributed by atoms with Crippen molar-refractivity contribution >= 4 is 0 Å². The van der Waals surface area contributed by atoms with E-state index in [2.05, 4.69) is 16.4 Å². The van der Waals surface area contributed by atoms with Gasteiger partial charge in [0.05, 0.1) is 0 Å². The van der Waals surface area contributed by atoms with Crippen molar-refractivity contribution in [3.05, 3.63) is 42.5 Å². The molecule has 0 aliphatic carbocycles. The third-order valence-corrected chi connectivity index (χ3v) is 1.61. The maximum Gasteiger partial charge on any atom is 0.131 e. The lowest BCUT2D eigenvalue weighted by atomic mass is 10.1. The average molecular weight is 161 g/mol. The molecule has 0 spiro atoms. The Bertz CT molecular complexity index is 368. The Morgan fingerprint density at radius 2 is 2.17 bits per heavy atom. The molecule has 0 atom stereocenters. The summed E-state index contributed by atoms with van der Waals surface area (Å²) in [5, 5.41) is 6.21. The van der Waals surface area contributed by atoms with Crippen molar-refractivity contribution < 1.29 is 4.39 Å². The van der Waals surface area contributed by atoms with Gasteiger partial charge in [-0.1, -0.05) is 18.2 Å². The normalized spacial score (nSPS) is 10.1. The molecular formula is C9H6FN2. The molecule has 2 rings (SSSR count). The number of aromatic nitrogens is 2. The zero-order chi connectivity index (χ0) is 8.39. The van der Waals surface area contributed by atoms with Crippen LogP contribution in [0.15, 0.2) is 30.5 Å². The molecule has 2 aromatic rings. The predicted molar refractivity (Wildman–Crippen MR) is 42.8 cm³/mol. The molecule has 2 nitrogen and oxygen atoms in total. The number of rotatable bonds is 1. The minimum atomic E-state index is -0.254. The van der Waals surface area contributed by atoms with Crippen LogP contribution in [-0.4, -0.2) is 10.2 Å². The Kier molecular flexibility index (Phi) is 1.63. The van der Waals surface area contributed by atoms with Crippen LogP contribution in [0.3, 0.4) is 0 Å². The molecule has 0 saturated carbocycles. The van der Waals surface area contributed by atoms with Crippen molar-refractivity contribution in [2.45, 2.75) is 0 Å². The first-order valence-corrected chi connectivity index (χ1v) is 3.54. The maximum atomic E-state index is 13.1. The molecule has 1 radical (unpaired) electrons. The lowest BCUT2D eigenvalue weighted by molar-refractivity contribution is 0.631. The van der Waals surface area contributed by atoms with Gasteiger partial charge in [0.25, 0.3) is 0 Å². The molecule has 0 aliphatic heterocycles. The van der Waals surface area contributed by atoms with E-state index in [1.165, 1.54) is 6.07 Å². The monoisotopic (exact) mass is 161 g/mol. The fourth-order valence-corrected chi connectivity index (χ4v) is 1.04. The van der Waals surface area contributed by atoms with Gasteiger partial charge in [0.15, 0.2) is 0 Å². The largest absolute Gasteiger partial charge is 0.284 e.